The van der Waals surface area contributed by atoms with Gasteiger partial charge in [-0.25, -0.2) is 0 Å². The first-order valence-electron chi connectivity index (χ1n) is 27.2. The Morgan fingerprint density at radius 3 is 1.29 bits per heavy atom. The third-order valence-corrected chi connectivity index (χ3v) is 19.2. The number of nitrogens with zero attached hydrogens (tertiary/aromatic N) is 2. The van der Waals surface area contributed by atoms with E-state index in [0.717, 1.165) is 22.7 Å². The molecule has 1 aliphatic rings. The van der Waals surface area contributed by atoms with Crippen molar-refractivity contribution in [1.82, 2.24) is 0 Å². The number of thiophene rings is 2. The van der Waals surface area contributed by atoms with E-state index in [9.17, 15) is 0 Å². The van der Waals surface area contributed by atoms with Crippen LogP contribution in [0.1, 0.15) is 25.0 Å². The molecule has 79 heavy (non-hydrogen) atoms. The van der Waals surface area contributed by atoms with E-state index in [4.69, 9.17) is 0 Å². The zero-order chi connectivity index (χ0) is 52.3. The minimum absolute atomic E-state index is 0.255. The summed E-state index contributed by atoms with van der Waals surface area (Å²) in [4.78, 5) is 4.82. The average molecular weight is 1040 g/mol. The highest BCUT2D eigenvalue weighted by Crippen LogP contribution is 2.57. The van der Waals surface area contributed by atoms with E-state index in [1.54, 1.807) is 0 Å². The lowest BCUT2D eigenvalue weighted by atomic mass is 9.77. The zero-order valence-electron chi connectivity index (χ0n) is 43.6. The molecule has 0 saturated carbocycles. The Balaban J connectivity index is 0.753. The molecule has 2 nitrogen and oxygen atoms in total. The first-order chi connectivity index (χ1) is 38.9. The molecule has 372 valence electrons. The fraction of sp³-hybridized carbons (Fsp3) is 0.0400. The minimum atomic E-state index is -0.255. The van der Waals surface area contributed by atoms with E-state index in [2.05, 4.69) is 291 Å². The summed E-state index contributed by atoms with van der Waals surface area (Å²) >= 11 is 3.74. The summed E-state index contributed by atoms with van der Waals surface area (Å²) in [5, 5.41) is 13.0. The molecule has 0 saturated heterocycles. The first kappa shape index (κ1) is 45.8. The van der Waals surface area contributed by atoms with Crippen molar-refractivity contribution < 1.29 is 0 Å². The Kier molecular flexibility index (Phi) is 10.4. The zero-order valence-corrected chi connectivity index (χ0v) is 45.2. The first-order valence-corrected chi connectivity index (χ1v) is 28.9. The molecule has 0 amide bonds. The standard InChI is InChI=1S/C75H50N2S2/c1-75(2)71-56-42-35-49(47-31-38-54(39-32-47)76(52-17-5-3-6-18-52)66-27-15-25-62-58-22-11-13-29-68(58)78-73(62)66)45-51(56)37-44-64(71)70-60-24-10-9-21-57(60)65-46-50(36-43-61(65)72(70)75)48-33-40-55(41-34-48)77(53-19-7-4-8-20-53)67-28-16-26-63-59-23-12-14-30-69(59)79-74(63)67/h3-46H,1-2H3. The molecular weight excluding hydrogens is 993 g/mol. The Morgan fingerprint density at radius 2 is 0.734 bits per heavy atom. The van der Waals surface area contributed by atoms with E-state index < -0.39 is 0 Å². The molecular formula is C75H50N2S2. The predicted molar refractivity (Wildman–Crippen MR) is 343 cm³/mol. The SMILES string of the molecule is CC1(C)c2c(ccc3cc(-c4ccc(N(c5ccccc5)c5cccc6c5sc5ccccc56)cc4)ccc23)-c2c1c1ccc(-c3ccc(N(c4ccccc4)c4cccc5c4sc4ccccc45)cc3)cc1c1ccccc21. The molecule has 0 atom stereocenters. The van der Waals surface area contributed by atoms with Crippen molar-refractivity contribution >= 4 is 129 Å². The van der Waals surface area contributed by atoms with Crippen LogP contribution < -0.4 is 9.80 Å². The molecule has 4 heteroatoms. The lowest BCUT2D eigenvalue weighted by Crippen LogP contribution is -2.16. The summed E-state index contributed by atoms with van der Waals surface area (Å²) < 4.78 is 5.20. The van der Waals surface area contributed by atoms with Crippen LogP contribution in [0, 0.1) is 0 Å². The molecule has 0 unspecified atom stereocenters. The molecule has 2 heterocycles. The highest BCUT2D eigenvalue weighted by Gasteiger charge is 2.40. The molecule has 0 radical (unpaired) electrons. The van der Waals surface area contributed by atoms with Crippen molar-refractivity contribution in [2.45, 2.75) is 19.3 Å². The van der Waals surface area contributed by atoms with Gasteiger partial charge in [-0.1, -0.05) is 196 Å². The fourth-order valence-corrected chi connectivity index (χ4v) is 15.7. The maximum atomic E-state index is 2.44. The van der Waals surface area contributed by atoms with E-state index in [-0.39, 0.29) is 5.41 Å². The van der Waals surface area contributed by atoms with Crippen LogP contribution in [0.3, 0.4) is 0 Å². The fourth-order valence-electron chi connectivity index (χ4n) is 13.2. The highest BCUT2D eigenvalue weighted by atomic mass is 32.1. The maximum absolute atomic E-state index is 2.44. The molecule has 0 N–H and O–H groups in total. The van der Waals surface area contributed by atoms with Gasteiger partial charge in [0.25, 0.3) is 0 Å². The minimum Gasteiger partial charge on any atom is -0.309 e. The summed E-state index contributed by atoms with van der Waals surface area (Å²) in [6.07, 6.45) is 0. The van der Waals surface area contributed by atoms with Gasteiger partial charge in [0.15, 0.2) is 0 Å². The van der Waals surface area contributed by atoms with Crippen LogP contribution in [-0.4, -0.2) is 0 Å². The Bertz CT molecular complexity index is 4920. The van der Waals surface area contributed by atoms with Crippen molar-refractivity contribution in [1.29, 1.82) is 0 Å². The number of hydrogen-bond donors (Lipinski definition) is 0. The van der Waals surface area contributed by atoms with Gasteiger partial charge in [-0.2, -0.15) is 0 Å². The summed E-state index contributed by atoms with van der Waals surface area (Å²) in [5.41, 5.74) is 17.0. The van der Waals surface area contributed by atoms with E-state index >= 15 is 0 Å². The second kappa shape index (κ2) is 17.9. The van der Waals surface area contributed by atoms with Gasteiger partial charge in [0, 0.05) is 59.1 Å². The van der Waals surface area contributed by atoms with Crippen LogP contribution in [0.5, 0.6) is 0 Å². The van der Waals surface area contributed by atoms with Crippen molar-refractivity contribution in [3.05, 3.63) is 278 Å². The van der Waals surface area contributed by atoms with Gasteiger partial charge < -0.3 is 9.80 Å². The third-order valence-electron chi connectivity index (χ3n) is 16.8. The summed E-state index contributed by atoms with van der Waals surface area (Å²) in [7, 11) is 0. The van der Waals surface area contributed by atoms with E-state index in [1.807, 2.05) is 22.7 Å². The van der Waals surface area contributed by atoms with Crippen LogP contribution in [0.4, 0.5) is 34.1 Å². The smallest absolute Gasteiger partial charge is 0.0640 e. The number of hydrogen-bond acceptors (Lipinski definition) is 4. The Labute approximate surface area is 466 Å². The van der Waals surface area contributed by atoms with Crippen LogP contribution in [0.2, 0.25) is 0 Å². The van der Waals surface area contributed by atoms with Crippen LogP contribution in [0.25, 0.3) is 106 Å². The van der Waals surface area contributed by atoms with Gasteiger partial charge in [-0.15, -0.1) is 22.7 Å². The maximum Gasteiger partial charge on any atom is 0.0640 e. The average Bonchev–Trinajstić information content (AvgIpc) is 4.12. The largest absolute Gasteiger partial charge is 0.309 e. The molecule has 13 aromatic carbocycles. The van der Waals surface area contributed by atoms with Gasteiger partial charge in [0.2, 0.25) is 0 Å². The van der Waals surface area contributed by atoms with Crippen LogP contribution >= 0.6 is 22.7 Å². The predicted octanol–water partition coefficient (Wildman–Crippen LogP) is 22.5. The third kappa shape index (κ3) is 7.15. The second-order valence-corrected chi connectivity index (χ2v) is 23.6. The van der Waals surface area contributed by atoms with Gasteiger partial charge in [-0.3, -0.25) is 0 Å². The van der Waals surface area contributed by atoms with Gasteiger partial charge in [-0.05, 0) is 162 Å². The number of fused-ring (bicyclic) bond motifs is 16. The highest BCUT2D eigenvalue weighted by molar-refractivity contribution is 7.26. The molecule has 2 aromatic heterocycles. The molecule has 1 aliphatic carbocycles. The summed E-state index contributed by atoms with van der Waals surface area (Å²) in [6, 6.07) is 99.0. The van der Waals surface area contributed by atoms with Gasteiger partial charge in [0.05, 0.1) is 20.8 Å². The molecule has 16 rings (SSSR count). The molecule has 0 spiro atoms. The molecule has 0 bridgehead atoms. The summed E-state index contributed by atoms with van der Waals surface area (Å²) in [6.45, 7) is 4.89. The number of para-hydroxylation sites is 2. The number of benzene rings is 13. The molecule has 15 aromatic rings. The van der Waals surface area contributed by atoms with Gasteiger partial charge >= 0.3 is 0 Å². The normalized spacial score (nSPS) is 12.8. The summed E-state index contributed by atoms with van der Waals surface area (Å²) in [5.74, 6) is 0. The van der Waals surface area contributed by atoms with Crippen LogP contribution in [0.15, 0.2) is 267 Å². The van der Waals surface area contributed by atoms with Crippen molar-refractivity contribution in [2.75, 3.05) is 9.80 Å². The topological polar surface area (TPSA) is 6.48 Å². The second-order valence-electron chi connectivity index (χ2n) is 21.5. The van der Waals surface area contributed by atoms with E-state index in [1.165, 1.54) is 129 Å². The van der Waals surface area contributed by atoms with Gasteiger partial charge in [0.1, 0.15) is 0 Å². The molecule has 0 fully saturated rings. The number of rotatable bonds is 8. The van der Waals surface area contributed by atoms with Crippen LogP contribution in [-0.2, 0) is 5.41 Å². The Morgan fingerprint density at radius 1 is 0.291 bits per heavy atom. The number of anilines is 6. The monoisotopic (exact) mass is 1040 g/mol. The molecule has 0 aliphatic heterocycles. The Hall–Kier alpha value is -9.32. The quantitative estimate of drug-likeness (QED) is 0.140. The lowest BCUT2D eigenvalue weighted by molar-refractivity contribution is 0.672. The van der Waals surface area contributed by atoms with Crippen molar-refractivity contribution in [2.24, 2.45) is 0 Å². The van der Waals surface area contributed by atoms with E-state index in [0.29, 0.717) is 0 Å². The van der Waals surface area contributed by atoms with Crippen molar-refractivity contribution in [3.8, 4) is 33.4 Å². The van der Waals surface area contributed by atoms with Crippen molar-refractivity contribution in [3.63, 3.8) is 0 Å². The lowest BCUT2D eigenvalue weighted by Gasteiger charge is -2.26.